The van der Waals surface area contributed by atoms with Gasteiger partial charge in [-0.25, -0.2) is 0 Å². The molecule has 0 amide bonds. The monoisotopic (exact) mass is 372 g/mol. The van der Waals surface area contributed by atoms with Crippen LogP contribution in [0.2, 0.25) is 0 Å². The first-order valence-corrected chi connectivity index (χ1v) is 8.65. The highest BCUT2D eigenvalue weighted by atomic mass is 79.9. The van der Waals surface area contributed by atoms with E-state index in [-0.39, 0.29) is 0 Å². The summed E-state index contributed by atoms with van der Waals surface area (Å²) in [5.74, 6) is 0. The molecule has 0 fully saturated rings. The summed E-state index contributed by atoms with van der Waals surface area (Å²) in [7, 11) is 0. The predicted octanol–water partition coefficient (Wildman–Crippen LogP) is 6.85. The summed E-state index contributed by atoms with van der Waals surface area (Å²) in [6.45, 7) is 4.22. The number of rotatable bonds is 2. The van der Waals surface area contributed by atoms with Crippen LogP contribution in [-0.2, 0) is 0 Å². The van der Waals surface area contributed by atoms with Crippen LogP contribution in [0.5, 0.6) is 0 Å². The Morgan fingerprint density at radius 1 is 0.818 bits per heavy atom. The summed E-state index contributed by atoms with van der Waals surface area (Å²) in [6, 6.07) is 17.2. The van der Waals surface area contributed by atoms with E-state index in [0.717, 1.165) is 22.4 Å². The Kier molecular flexibility index (Phi) is 4.56. The van der Waals surface area contributed by atoms with E-state index in [9.17, 15) is 0 Å². The smallest absolute Gasteiger partial charge is 0.0589 e. The van der Waals surface area contributed by atoms with Crippen molar-refractivity contribution >= 4 is 38.7 Å². The van der Waals surface area contributed by atoms with E-state index >= 15 is 0 Å². The van der Waals surface area contributed by atoms with Crippen molar-refractivity contribution in [3.8, 4) is 0 Å². The van der Waals surface area contributed by atoms with Crippen molar-refractivity contribution in [2.24, 2.45) is 0 Å². The van der Waals surface area contributed by atoms with Crippen LogP contribution in [0.25, 0.3) is 11.1 Å². The maximum Gasteiger partial charge on any atom is 0.0589 e. The van der Waals surface area contributed by atoms with Crippen LogP contribution in [0, 0.1) is 13.8 Å². The molecule has 112 valence electrons. The van der Waals surface area contributed by atoms with E-state index in [1.54, 1.807) is 0 Å². The second-order valence-electron chi connectivity index (χ2n) is 5.82. The van der Waals surface area contributed by atoms with Crippen molar-refractivity contribution in [2.75, 3.05) is 0 Å². The van der Waals surface area contributed by atoms with Gasteiger partial charge in [0.15, 0.2) is 0 Å². The van der Waals surface area contributed by atoms with Gasteiger partial charge in [0.2, 0.25) is 0 Å². The summed E-state index contributed by atoms with van der Waals surface area (Å²) in [5, 5.41) is 0.839. The van der Waals surface area contributed by atoms with Crippen LogP contribution in [0.15, 0.2) is 58.0 Å². The molecule has 2 aromatic carbocycles. The molecule has 1 aliphatic carbocycles. The summed E-state index contributed by atoms with van der Waals surface area (Å²) in [4.78, 5) is 0. The summed E-state index contributed by atoms with van der Waals surface area (Å²) in [5.41, 5.74) is 7.54. The first-order chi connectivity index (χ1) is 10.6. The van der Waals surface area contributed by atoms with Gasteiger partial charge >= 0.3 is 0 Å². The van der Waals surface area contributed by atoms with Gasteiger partial charge in [0.05, 0.1) is 5.03 Å². The first kappa shape index (κ1) is 15.6. The van der Waals surface area contributed by atoms with Gasteiger partial charge in [0, 0.05) is 4.48 Å². The fourth-order valence-electron chi connectivity index (χ4n) is 2.86. The number of hydrogen-bond donors (Lipinski definition) is 0. The molecule has 0 unspecified atom stereocenters. The number of benzene rings is 2. The molecule has 1 aliphatic rings. The summed E-state index contributed by atoms with van der Waals surface area (Å²) in [6.07, 6.45) is 1.98. The van der Waals surface area contributed by atoms with Gasteiger partial charge in [0.1, 0.15) is 0 Å². The fraction of sp³-hybridized carbons (Fsp3) is 0.200. The third kappa shape index (κ3) is 3.06. The van der Waals surface area contributed by atoms with E-state index in [1.807, 2.05) is 0 Å². The lowest BCUT2D eigenvalue weighted by Crippen LogP contribution is -2.00. The molecule has 0 radical (unpaired) electrons. The first-order valence-electron chi connectivity index (χ1n) is 7.48. The minimum atomic E-state index is 0.839. The second kappa shape index (κ2) is 6.44. The van der Waals surface area contributed by atoms with Crippen LogP contribution < -0.4 is 0 Å². The molecule has 0 aliphatic heterocycles. The van der Waals surface area contributed by atoms with Gasteiger partial charge in [-0.05, 0) is 64.9 Å². The molecular formula is C20H18BrCl. The normalized spacial score (nSPS) is 15.5. The molecule has 0 aromatic heterocycles. The van der Waals surface area contributed by atoms with Gasteiger partial charge in [-0.2, -0.15) is 0 Å². The fourth-order valence-corrected chi connectivity index (χ4v) is 3.85. The Hall–Kier alpha value is -1.31. The van der Waals surface area contributed by atoms with E-state index in [0.29, 0.717) is 0 Å². The van der Waals surface area contributed by atoms with E-state index in [4.69, 9.17) is 11.6 Å². The third-order valence-electron chi connectivity index (χ3n) is 4.11. The molecule has 0 spiro atoms. The molecule has 3 rings (SSSR count). The van der Waals surface area contributed by atoms with Gasteiger partial charge in [-0.1, -0.05) is 71.3 Å². The Morgan fingerprint density at radius 2 is 1.50 bits per heavy atom. The van der Waals surface area contributed by atoms with E-state index < -0.39 is 0 Å². The average molecular weight is 374 g/mol. The zero-order chi connectivity index (χ0) is 15.7. The lowest BCUT2D eigenvalue weighted by atomic mass is 9.89. The second-order valence-corrected chi connectivity index (χ2v) is 6.99. The van der Waals surface area contributed by atoms with Crippen molar-refractivity contribution in [1.29, 1.82) is 0 Å². The lowest BCUT2D eigenvalue weighted by Gasteiger charge is -2.21. The zero-order valence-electron chi connectivity index (χ0n) is 12.8. The molecule has 0 saturated carbocycles. The minimum absolute atomic E-state index is 0.839. The highest BCUT2D eigenvalue weighted by Crippen LogP contribution is 2.44. The Labute approximate surface area is 145 Å². The Bertz CT molecular complexity index is 767. The summed E-state index contributed by atoms with van der Waals surface area (Å²) >= 11 is 10.4. The van der Waals surface area contributed by atoms with Crippen molar-refractivity contribution in [3.05, 3.63) is 80.3 Å². The topological polar surface area (TPSA) is 0 Å². The van der Waals surface area contributed by atoms with E-state index in [2.05, 4.69) is 78.3 Å². The van der Waals surface area contributed by atoms with Crippen LogP contribution >= 0.6 is 27.5 Å². The maximum atomic E-state index is 6.67. The van der Waals surface area contributed by atoms with Crippen LogP contribution in [0.3, 0.4) is 0 Å². The molecule has 0 nitrogen and oxygen atoms in total. The zero-order valence-corrected chi connectivity index (χ0v) is 15.1. The predicted molar refractivity (Wildman–Crippen MR) is 100 cm³/mol. The number of aryl methyl sites for hydroxylation is 2. The standard InChI is InChI=1S/C20H18BrCl/c1-13-6-8-15(9-7-13)18-11-10-17(19(21)20(18)22)16-5-3-4-14(2)12-16/h3-9,12H,10-11H2,1-2H3. The molecule has 2 heteroatoms. The number of halogens is 2. The summed E-state index contributed by atoms with van der Waals surface area (Å²) < 4.78 is 1.03. The molecule has 0 heterocycles. The number of hydrogen-bond acceptors (Lipinski definition) is 0. The van der Waals surface area contributed by atoms with Crippen molar-refractivity contribution < 1.29 is 0 Å². The van der Waals surface area contributed by atoms with Crippen LogP contribution in [0.4, 0.5) is 0 Å². The highest BCUT2D eigenvalue weighted by Gasteiger charge is 2.20. The maximum absolute atomic E-state index is 6.67. The van der Waals surface area contributed by atoms with Crippen LogP contribution in [0.1, 0.15) is 35.1 Å². The van der Waals surface area contributed by atoms with Gasteiger partial charge in [-0.15, -0.1) is 0 Å². The van der Waals surface area contributed by atoms with Gasteiger partial charge < -0.3 is 0 Å². The average Bonchev–Trinajstić information content (AvgIpc) is 2.51. The molecule has 2 aromatic rings. The minimum Gasteiger partial charge on any atom is -0.0828 e. The molecule has 0 saturated heterocycles. The third-order valence-corrected chi connectivity index (χ3v) is 5.63. The van der Waals surface area contributed by atoms with Crippen molar-refractivity contribution in [3.63, 3.8) is 0 Å². The molecular weight excluding hydrogens is 356 g/mol. The van der Waals surface area contributed by atoms with Crippen molar-refractivity contribution in [1.82, 2.24) is 0 Å². The van der Waals surface area contributed by atoms with Gasteiger partial charge in [0.25, 0.3) is 0 Å². The SMILES string of the molecule is Cc1ccc(C2=C(Cl)C(Br)=C(c3cccc(C)c3)CC2)cc1. The largest absolute Gasteiger partial charge is 0.0828 e. The van der Waals surface area contributed by atoms with Crippen molar-refractivity contribution in [2.45, 2.75) is 26.7 Å². The quantitative estimate of drug-likeness (QED) is 0.539. The Morgan fingerprint density at radius 3 is 2.18 bits per heavy atom. The molecule has 22 heavy (non-hydrogen) atoms. The van der Waals surface area contributed by atoms with Gasteiger partial charge in [-0.3, -0.25) is 0 Å². The molecule has 0 N–H and O–H groups in total. The van der Waals surface area contributed by atoms with Crippen LogP contribution in [-0.4, -0.2) is 0 Å². The lowest BCUT2D eigenvalue weighted by molar-refractivity contribution is 1.06. The molecule has 0 bridgehead atoms. The van der Waals surface area contributed by atoms with E-state index in [1.165, 1.54) is 33.4 Å². The highest BCUT2D eigenvalue weighted by molar-refractivity contribution is 9.12. The molecule has 0 atom stereocenters. The number of allylic oxidation sites excluding steroid dienone is 4. The Balaban J connectivity index is 2.05.